The maximum atomic E-state index is 13.5. The summed E-state index contributed by atoms with van der Waals surface area (Å²) in [6, 6.07) is 10.3. The summed E-state index contributed by atoms with van der Waals surface area (Å²) in [5.74, 6) is 0.199. The van der Waals surface area contributed by atoms with Gasteiger partial charge in [-0.05, 0) is 78.7 Å². The summed E-state index contributed by atoms with van der Waals surface area (Å²) in [7, 11) is 0. The van der Waals surface area contributed by atoms with Gasteiger partial charge < -0.3 is 15.3 Å². The van der Waals surface area contributed by atoms with Gasteiger partial charge in [0, 0.05) is 23.8 Å². The molecule has 2 aliphatic rings. The van der Waals surface area contributed by atoms with Gasteiger partial charge in [-0.2, -0.15) is 0 Å². The molecule has 3 N–H and O–H groups in total. The Morgan fingerprint density at radius 2 is 1.91 bits per heavy atom. The molecule has 4 rings (SSSR count). The number of aromatic nitrogens is 1. The van der Waals surface area contributed by atoms with Gasteiger partial charge in [-0.25, -0.2) is 4.39 Å². The quantitative estimate of drug-likeness (QED) is 0.632. The van der Waals surface area contributed by atoms with Crippen LogP contribution in [0.4, 0.5) is 4.39 Å². The Morgan fingerprint density at radius 3 is 2.56 bits per heavy atom. The highest BCUT2D eigenvalue weighted by atomic mass is 19.1. The zero-order valence-corrected chi connectivity index (χ0v) is 18.9. The number of hydrogen-bond donors (Lipinski definition) is 3. The molecule has 0 aliphatic heterocycles. The second-order valence-electron chi connectivity index (χ2n) is 10.2. The van der Waals surface area contributed by atoms with Crippen molar-refractivity contribution in [2.45, 2.75) is 45.6 Å². The number of rotatable bonds is 5. The van der Waals surface area contributed by atoms with Crippen molar-refractivity contribution in [3.05, 3.63) is 60.2 Å². The summed E-state index contributed by atoms with van der Waals surface area (Å²) in [4.78, 5) is 4.55. The highest BCUT2D eigenvalue weighted by Crippen LogP contribution is 2.61. The second-order valence-corrected chi connectivity index (χ2v) is 10.2. The molecule has 2 saturated carbocycles. The number of fused-ring (bicyclic) bond motifs is 1. The number of pyridine rings is 1. The Bertz CT molecular complexity index is 962. The second kappa shape index (κ2) is 9.05. The fourth-order valence-corrected chi connectivity index (χ4v) is 6.44. The van der Waals surface area contributed by atoms with Crippen molar-refractivity contribution >= 4 is 6.08 Å². The van der Waals surface area contributed by atoms with E-state index in [-0.39, 0.29) is 42.2 Å². The maximum Gasteiger partial charge on any atom is 0.123 e. The molecule has 1 aromatic carbocycles. The van der Waals surface area contributed by atoms with E-state index in [4.69, 9.17) is 0 Å². The highest BCUT2D eigenvalue weighted by molar-refractivity contribution is 5.63. The number of aliphatic hydroxyl groups is 3. The van der Waals surface area contributed by atoms with Gasteiger partial charge >= 0.3 is 0 Å². The van der Waals surface area contributed by atoms with Crippen LogP contribution in [0.1, 0.15) is 45.2 Å². The zero-order chi connectivity index (χ0) is 22.9. The lowest BCUT2D eigenvalue weighted by molar-refractivity contribution is -0.167. The summed E-state index contributed by atoms with van der Waals surface area (Å²) >= 11 is 0. The van der Waals surface area contributed by atoms with Crippen LogP contribution < -0.4 is 0 Å². The lowest BCUT2D eigenvalue weighted by Gasteiger charge is -2.60. The van der Waals surface area contributed by atoms with E-state index < -0.39 is 11.5 Å². The molecule has 0 amide bonds. The van der Waals surface area contributed by atoms with Gasteiger partial charge in [-0.3, -0.25) is 4.98 Å². The molecule has 5 heteroatoms. The minimum atomic E-state index is -0.523. The van der Waals surface area contributed by atoms with E-state index in [1.807, 2.05) is 31.2 Å². The van der Waals surface area contributed by atoms with Crippen molar-refractivity contribution in [1.82, 2.24) is 4.98 Å². The van der Waals surface area contributed by atoms with Crippen LogP contribution in [0.2, 0.25) is 0 Å². The van der Waals surface area contributed by atoms with Crippen molar-refractivity contribution in [2.75, 3.05) is 13.2 Å². The lowest BCUT2D eigenvalue weighted by atomic mass is 9.45. The summed E-state index contributed by atoms with van der Waals surface area (Å²) in [5.41, 5.74) is 1.83. The number of hydrogen-bond acceptors (Lipinski definition) is 4. The van der Waals surface area contributed by atoms with Crippen molar-refractivity contribution in [3.8, 4) is 11.1 Å². The van der Waals surface area contributed by atoms with Crippen molar-refractivity contribution in [1.29, 1.82) is 0 Å². The molecule has 2 fully saturated rings. The predicted octanol–water partition coefficient (Wildman–Crippen LogP) is 4.70. The molecule has 0 radical (unpaired) electrons. The number of allylic oxidation sites excluding steroid dienone is 1. The van der Waals surface area contributed by atoms with Gasteiger partial charge in [0.15, 0.2) is 0 Å². The Labute approximate surface area is 189 Å². The van der Waals surface area contributed by atoms with Crippen LogP contribution in [0.25, 0.3) is 17.2 Å². The zero-order valence-electron chi connectivity index (χ0n) is 18.9. The fraction of sp³-hybridized carbons (Fsp3) is 0.519. The van der Waals surface area contributed by atoms with Crippen molar-refractivity contribution < 1.29 is 19.7 Å². The van der Waals surface area contributed by atoms with Gasteiger partial charge in [0.2, 0.25) is 0 Å². The van der Waals surface area contributed by atoms with Crippen molar-refractivity contribution in [2.24, 2.45) is 28.6 Å². The molecule has 0 saturated heterocycles. The monoisotopic (exact) mass is 439 g/mol. The topological polar surface area (TPSA) is 73.6 Å². The summed E-state index contributed by atoms with van der Waals surface area (Å²) in [6.07, 6.45) is 8.74. The Hall–Kier alpha value is -2.08. The third-order valence-electron chi connectivity index (χ3n) is 8.40. The summed E-state index contributed by atoms with van der Waals surface area (Å²) in [6.45, 7) is 4.36. The minimum absolute atomic E-state index is 0.0300. The van der Waals surface area contributed by atoms with Gasteiger partial charge in [0.25, 0.3) is 0 Å². The average molecular weight is 440 g/mol. The average Bonchev–Trinajstić information content (AvgIpc) is 2.80. The van der Waals surface area contributed by atoms with Crippen LogP contribution >= 0.6 is 0 Å². The number of halogens is 1. The Balaban J connectivity index is 1.60. The van der Waals surface area contributed by atoms with E-state index >= 15 is 0 Å². The van der Waals surface area contributed by atoms with Crippen LogP contribution in [0, 0.1) is 34.4 Å². The number of aliphatic hydroxyl groups excluding tert-OH is 3. The molecule has 1 aromatic heterocycles. The first kappa shape index (κ1) is 23.1. The van der Waals surface area contributed by atoms with E-state index in [0.29, 0.717) is 6.42 Å². The van der Waals surface area contributed by atoms with Crippen LogP contribution in [0.5, 0.6) is 0 Å². The summed E-state index contributed by atoms with van der Waals surface area (Å²) < 4.78 is 13.5. The molecule has 4 nitrogen and oxygen atoms in total. The van der Waals surface area contributed by atoms with E-state index in [1.54, 1.807) is 12.3 Å². The van der Waals surface area contributed by atoms with Crippen LogP contribution in [0.15, 0.2) is 48.7 Å². The van der Waals surface area contributed by atoms with Gasteiger partial charge in [-0.1, -0.05) is 38.1 Å². The SMILES string of the molecule is C[C@]1(CO)[C@H]2CCC(CO)[C@@H](/C=C/c3ccc(-c4cccc(F)c4)cn3)[C@]2(C)CC[C@H]1O. The number of nitrogens with zero attached hydrogens (tertiary/aromatic N) is 1. The van der Waals surface area contributed by atoms with E-state index in [0.717, 1.165) is 36.1 Å². The van der Waals surface area contributed by atoms with E-state index in [1.165, 1.54) is 12.1 Å². The van der Waals surface area contributed by atoms with Gasteiger partial charge in [-0.15, -0.1) is 0 Å². The standard InChI is InChI=1S/C27H34FNO3/c1-26-13-12-25(32)27(2,17-31)24(26)11-7-20(16-30)23(26)10-9-22-8-6-19(15-29-22)18-4-3-5-21(28)14-18/h3-6,8-10,14-15,20,23-25,30-32H,7,11-13,16-17H2,1-2H3/b10-9+/t20?,23-,24+,25-,26+,27+/m1/s1. The molecule has 1 heterocycles. The smallest absolute Gasteiger partial charge is 0.123 e. The third-order valence-corrected chi connectivity index (χ3v) is 8.40. The van der Waals surface area contributed by atoms with Crippen LogP contribution in [-0.2, 0) is 0 Å². The normalized spacial score (nSPS) is 35.1. The minimum Gasteiger partial charge on any atom is -0.396 e. The lowest BCUT2D eigenvalue weighted by Crippen LogP contribution is -2.58. The fourth-order valence-electron chi connectivity index (χ4n) is 6.44. The molecule has 6 atom stereocenters. The first-order valence-electron chi connectivity index (χ1n) is 11.6. The third kappa shape index (κ3) is 4.02. The van der Waals surface area contributed by atoms with Gasteiger partial charge in [0.1, 0.15) is 5.82 Å². The van der Waals surface area contributed by atoms with E-state index in [2.05, 4.69) is 18.0 Å². The molecule has 172 valence electrons. The number of benzene rings is 1. The summed E-state index contributed by atoms with van der Waals surface area (Å²) in [5, 5.41) is 31.0. The van der Waals surface area contributed by atoms with E-state index in [9.17, 15) is 19.7 Å². The first-order valence-corrected chi connectivity index (χ1v) is 11.6. The van der Waals surface area contributed by atoms with Crippen molar-refractivity contribution in [3.63, 3.8) is 0 Å². The molecular formula is C27H34FNO3. The van der Waals surface area contributed by atoms with Crippen LogP contribution in [-0.4, -0.2) is 39.6 Å². The molecule has 0 bridgehead atoms. The predicted molar refractivity (Wildman–Crippen MR) is 124 cm³/mol. The first-order chi connectivity index (χ1) is 15.3. The Morgan fingerprint density at radius 1 is 1.09 bits per heavy atom. The Kier molecular flexibility index (Phi) is 6.53. The molecule has 1 unspecified atom stereocenters. The highest BCUT2D eigenvalue weighted by Gasteiger charge is 2.58. The van der Waals surface area contributed by atoms with Crippen LogP contribution in [0.3, 0.4) is 0 Å². The molecular weight excluding hydrogens is 405 g/mol. The maximum absolute atomic E-state index is 13.5. The largest absolute Gasteiger partial charge is 0.396 e. The van der Waals surface area contributed by atoms with Gasteiger partial charge in [0.05, 0.1) is 18.4 Å². The molecule has 32 heavy (non-hydrogen) atoms. The molecule has 2 aromatic rings. The molecule has 0 spiro atoms. The molecule has 2 aliphatic carbocycles.